The van der Waals surface area contributed by atoms with Crippen LogP contribution in [0.2, 0.25) is 0 Å². The molecular weight excluding hydrogens is 252 g/mol. The highest BCUT2D eigenvalue weighted by Crippen LogP contribution is 2.29. The fourth-order valence-electron chi connectivity index (χ4n) is 2.46. The van der Waals surface area contributed by atoms with E-state index in [1.165, 1.54) is 11.3 Å². The molecule has 3 amide bonds. The maximum atomic E-state index is 12.2. The van der Waals surface area contributed by atoms with Crippen molar-refractivity contribution in [2.45, 2.75) is 31.8 Å². The molecule has 0 aliphatic carbocycles. The van der Waals surface area contributed by atoms with Crippen LogP contribution in [0, 0.1) is 0 Å². The summed E-state index contributed by atoms with van der Waals surface area (Å²) in [7, 11) is 0. The second-order valence-corrected chi connectivity index (χ2v) is 5.31. The van der Waals surface area contributed by atoms with Crippen LogP contribution in [0.4, 0.5) is 0 Å². The molecule has 3 rings (SSSR count). The van der Waals surface area contributed by atoms with Gasteiger partial charge in [-0.15, -0.1) is 0 Å². The minimum absolute atomic E-state index is 0.0965. The summed E-state index contributed by atoms with van der Waals surface area (Å²) in [6.07, 6.45) is 1.54. The topological polar surface area (TPSA) is 66.5 Å². The van der Waals surface area contributed by atoms with E-state index in [1.54, 1.807) is 4.90 Å². The summed E-state index contributed by atoms with van der Waals surface area (Å²) in [4.78, 5) is 36.9. The molecule has 6 heteroatoms. The molecule has 0 aromatic carbocycles. The van der Waals surface area contributed by atoms with Crippen molar-refractivity contribution in [3.8, 4) is 0 Å². The predicted octanol–water partition coefficient (Wildman–Crippen LogP) is 0.899. The molecule has 1 fully saturated rings. The van der Waals surface area contributed by atoms with Crippen molar-refractivity contribution in [3.05, 3.63) is 21.9 Å². The normalized spacial score (nSPS) is 23.9. The van der Waals surface area contributed by atoms with Gasteiger partial charge in [0.15, 0.2) is 0 Å². The van der Waals surface area contributed by atoms with Crippen molar-refractivity contribution >= 4 is 29.1 Å². The highest BCUT2D eigenvalue weighted by atomic mass is 32.1. The van der Waals surface area contributed by atoms with Crippen LogP contribution in [0.25, 0.3) is 0 Å². The Morgan fingerprint density at radius 3 is 2.89 bits per heavy atom. The molecule has 2 aliphatic heterocycles. The third-order valence-corrected chi connectivity index (χ3v) is 4.19. The van der Waals surface area contributed by atoms with Crippen molar-refractivity contribution < 1.29 is 14.4 Å². The van der Waals surface area contributed by atoms with E-state index in [4.69, 9.17) is 0 Å². The van der Waals surface area contributed by atoms with Crippen molar-refractivity contribution in [2.24, 2.45) is 0 Å². The first-order chi connectivity index (χ1) is 8.66. The lowest BCUT2D eigenvalue weighted by atomic mass is 10.1. The van der Waals surface area contributed by atoms with E-state index < -0.39 is 6.04 Å². The molecule has 0 bridgehead atoms. The van der Waals surface area contributed by atoms with Crippen molar-refractivity contribution in [1.29, 1.82) is 0 Å². The summed E-state index contributed by atoms with van der Waals surface area (Å²) >= 11 is 1.50. The molecule has 0 radical (unpaired) electrons. The molecule has 18 heavy (non-hydrogen) atoms. The van der Waals surface area contributed by atoms with Crippen molar-refractivity contribution in [3.63, 3.8) is 0 Å². The van der Waals surface area contributed by atoms with Gasteiger partial charge in [0.2, 0.25) is 11.8 Å². The first-order valence-electron chi connectivity index (χ1n) is 5.86. The summed E-state index contributed by atoms with van der Waals surface area (Å²) in [6, 6.07) is -0.513. The smallest absolute Gasteiger partial charge is 0.256 e. The highest BCUT2D eigenvalue weighted by molar-refractivity contribution is 7.08. The van der Waals surface area contributed by atoms with Gasteiger partial charge in [0.1, 0.15) is 6.04 Å². The molecule has 1 aromatic heterocycles. The van der Waals surface area contributed by atoms with E-state index in [-0.39, 0.29) is 17.7 Å². The fraction of sp³-hybridized carbons (Fsp3) is 0.417. The summed E-state index contributed by atoms with van der Waals surface area (Å²) in [5, 5.41) is 6.09. The zero-order chi connectivity index (χ0) is 12.7. The standard InChI is InChI=1S/C12H12N2O3S/c15-10-3-1-2-9(11(16)13-10)14-4-7-5-18-6-8(7)12(14)17/h5-6,9H,1-4H2,(H,13,15,16)/t9-/m0/s1. The van der Waals surface area contributed by atoms with Crippen LogP contribution in [-0.2, 0) is 16.1 Å². The van der Waals surface area contributed by atoms with Gasteiger partial charge < -0.3 is 4.90 Å². The second-order valence-electron chi connectivity index (χ2n) is 4.56. The summed E-state index contributed by atoms with van der Waals surface area (Å²) < 4.78 is 0. The molecule has 1 saturated heterocycles. The quantitative estimate of drug-likeness (QED) is 0.766. The lowest BCUT2D eigenvalue weighted by Crippen LogP contribution is -2.46. The number of hydrogen-bond donors (Lipinski definition) is 1. The number of imide groups is 1. The second kappa shape index (κ2) is 4.20. The number of rotatable bonds is 1. The zero-order valence-electron chi connectivity index (χ0n) is 9.64. The van der Waals surface area contributed by atoms with Crippen LogP contribution in [0.1, 0.15) is 35.2 Å². The van der Waals surface area contributed by atoms with Crippen molar-refractivity contribution in [2.75, 3.05) is 0 Å². The highest BCUT2D eigenvalue weighted by Gasteiger charge is 2.38. The number of nitrogens with zero attached hydrogens (tertiary/aromatic N) is 1. The largest absolute Gasteiger partial charge is 0.322 e. The van der Waals surface area contributed by atoms with E-state index in [1.807, 2.05) is 10.8 Å². The van der Waals surface area contributed by atoms with E-state index in [0.29, 0.717) is 31.4 Å². The number of carbonyl (C=O) groups excluding carboxylic acids is 3. The van der Waals surface area contributed by atoms with Crippen LogP contribution in [-0.4, -0.2) is 28.7 Å². The van der Waals surface area contributed by atoms with Crippen molar-refractivity contribution in [1.82, 2.24) is 10.2 Å². The fourth-order valence-corrected chi connectivity index (χ4v) is 3.29. The first-order valence-corrected chi connectivity index (χ1v) is 6.81. The Balaban J connectivity index is 1.84. The Hall–Kier alpha value is -1.69. The van der Waals surface area contributed by atoms with Crippen LogP contribution >= 0.6 is 11.3 Å². The van der Waals surface area contributed by atoms with Crippen LogP contribution in [0.3, 0.4) is 0 Å². The third kappa shape index (κ3) is 1.73. The molecule has 0 unspecified atom stereocenters. The summed E-state index contributed by atoms with van der Waals surface area (Å²) in [5.74, 6) is -0.691. The van der Waals surface area contributed by atoms with E-state index in [2.05, 4.69) is 5.32 Å². The Morgan fingerprint density at radius 2 is 2.11 bits per heavy atom. The van der Waals surface area contributed by atoms with Crippen LogP contribution < -0.4 is 5.32 Å². The van der Waals surface area contributed by atoms with Gasteiger partial charge in [0.05, 0.1) is 5.56 Å². The Kier molecular flexibility index (Phi) is 2.66. The zero-order valence-corrected chi connectivity index (χ0v) is 10.5. The summed E-state index contributed by atoms with van der Waals surface area (Å²) in [5.41, 5.74) is 1.68. The van der Waals surface area contributed by atoms with Gasteiger partial charge >= 0.3 is 0 Å². The van der Waals surface area contributed by atoms with Gasteiger partial charge in [-0.1, -0.05) is 0 Å². The molecule has 0 spiro atoms. The lowest BCUT2D eigenvalue weighted by molar-refractivity contribution is -0.132. The predicted molar refractivity (Wildman–Crippen MR) is 65.0 cm³/mol. The molecule has 5 nitrogen and oxygen atoms in total. The van der Waals surface area contributed by atoms with Gasteiger partial charge in [-0.2, -0.15) is 11.3 Å². The number of carbonyl (C=O) groups is 3. The van der Waals surface area contributed by atoms with Gasteiger partial charge in [-0.3, -0.25) is 19.7 Å². The Labute approximate surface area is 108 Å². The van der Waals surface area contributed by atoms with E-state index >= 15 is 0 Å². The van der Waals surface area contributed by atoms with E-state index in [0.717, 1.165) is 5.56 Å². The molecule has 1 aromatic rings. The van der Waals surface area contributed by atoms with Gasteiger partial charge in [-0.25, -0.2) is 0 Å². The maximum absolute atomic E-state index is 12.2. The van der Waals surface area contributed by atoms with Gasteiger partial charge in [0.25, 0.3) is 5.91 Å². The van der Waals surface area contributed by atoms with Gasteiger partial charge in [0, 0.05) is 18.3 Å². The third-order valence-electron chi connectivity index (χ3n) is 3.40. The molecule has 3 heterocycles. The monoisotopic (exact) mass is 264 g/mol. The molecule has 94 valence electrons. The number of hydrogen-bond acceptors (Lipinski definition) is 4. The Morgan fingerprint density at radius 1 is 1.28 bits per heavy atom. The lowest BCUT2D eigenvalue weighted by Gasteiger charge is -2.24. The van der Waals surface area contributed by atoms with Crippen LogP contribution in [0.15, 0.2) is 10.8 Å². The summed E-state index contributed by atoms with van der Waals surface area (Å²) in [6.45, 7) is 0.476. The first kappa shape index (κ1) is 11.4. The number of thiophene rings is 1. The SMILES string of the molecule is O=C1CCC[C@H](N2Cc3cscc3C2=O)C(=O)N1. The van der Waals surface area contributed by atoms with E-state index in [9.17, 15) is 14.4 Å². The minimum atomic E-state index is -0.513. The molecule has 1 N–H and O–H groups in total. The molecule has 1 atom stereocenters. The molecule has 2 aliphatic rings. The minimum Gasteiger partial charge on any atom is -0.322 e. The molecule has 0 saturated carbocycles. The number of amides is 3. The van der Waals surface area contributed by atoms with Crippen LogP contribution in [0.5, 0.6) is 0 Å². The average molecular weight is 264 g/mol. The molecular formula is C12H12N2O3S. The number of nitrogens with one attached hydrogen (secondary N) is 1. The Bertz CT molecular complexity index is 537. The maximum Gasteiger partial charge on any atom is 0.256 e. The van der Waals surface area contributed by atoms with Gasteiger partial charge in [-0.05, 0) is 23.8 Å². The average Bonchev–Trinajstić information content (AvgIpc) is 2.84. The number of fused-ring (bicyclic) bond motifs is 1.